The van der Waals surface area contributed by atoms with Crippen LogP contribution in [0.1, 0.15) is 21.7 Å². The molecule has 1 fully saturated rings. The predicted molar refractivity (Wildman–Crippen MR) is 78.2 cm³/mol. The lowest BCUT2D eigenvalue weighted by atomic mass is 9.96. The topological polar surface area (TPSA) is 57.6 Å². The van der Waals surface area contributed by atoms with E-state index in [-0.39, 0.29) is 24.1 Å². The summed E-state index contributed by atoms with van der Waals surface area (Å²) in [5.41, 5.74) is 0.666. The molecule has 1 aliphatic heterocycles. The Morgan fingerprint density at radius 1 is 1.43 bits per heavy atom. The van der Waals surface area contributed by atoms with Gasteiger partial charge < -0.3 is 10.0 Å². The van der Waals surface area contributed by atoms with Crippen molar-refractivity contribution >= 4 is 33.3 Å². The maximum atomic E-state index is 13.8. The Balaban J connectivity index is 1.82. The highest BCUT2D eigenvalue weighted by Gasteiger charge is 2.34. The summed E-state index contributed by atoms with van der Waals surface area (Å²) in [5, 5.41) is 9.23. The molecule has 21 heavy (non-hydrogen) atoms. The molecule has 1 amide bonds. The van der Waals surface area contributed by atoms with E-state index in [4.69, 9.17) is 5.11 Å². The fourth-order valence-corrected chi connectivity index (χ4v) is 3.90. The van der Waals surface area contributed by atoms with Crippen LogP contribution in [0, 0.1) is 18.7 Å². The maximum Gasteiger partial charge on any atom is 0.303 e. The summed E-state index contributed by atoms with van der Waals surface area (Å²) in [4.78, 5) is 25.2. The zero-order valence-corrected chi connectivity index (χ0v) is 12.2. The van der Waals surface area contributed by atoms with Crippen LogP contribution in [0.5, 0.6) is 0 Å². The molecule has 4 nitrogen and oxygen atoms in total. The number of amides is 1. The minimum atomic E-state index is -0.841. The standard InChI is InChI=1S/C15H14FNO3S/c1-8-13-10(16)3-2-4-11(13)21-14(8)15(20)17-6-9(7-17)5-12(18)19/h2-4,9H,5-7H2,1H3,(H,18,19). The molecule has 1 aromatic carbocycles. The third kappa shape index (κ3) is 2.40. The second-order valence-corrected chi connectivity index (χ2v) is 6.40. The number of nitrogens with zero attached hydrogens (tertiary/aromatic N) is 1. The maximum absolute atomic E-state index is 13.8. The Bertz CT molecular complexity index is 734. The molecular formula is C15H14FNO3S. The fourth-order valence-electron chi connectivity index (χ4n) is 2.71. The van der Waals surface area contributed by atoms with Crippen LogP contribution in [0.15, 0.2) is 18.2 Å². The normalized spacial score (nSPS) is 15.2. The van der Waals surface area contributed by atoms with Gasteiger partial charge in [0.15, 0.2) is 0 Å². The quantitative estimate of drug-likeness (QED) is 0.948. The van der Waals surface area contributed by atoms with Gasteiger partial charge in [-0.3, -0.25) is 9.59 Å². The van der Waals surface area contributed by atoms with Crippen LogP contribution in [0.3, 0.4) is 0 Å². The highest BCUT2D eigenvalue weighted by Crippen LogP contribution is 2.34. The van der Waals surface area contributed by atoms with Gasteiger partial charge in [-0.05, 0) is 24.6 Å². The number of likely N-dealkylation sites (tertiary alicyclic amines) is 1. The first-order valence-electron chi connectivity index (χ1n) is 6.66. The van der Waals surface area contributed by atoms with E-state index < -0.39 is 5.97 Å². The van der Waals surface area contributed by atoms with Crippen molar-refractivity contribution in [1.82, 2.24) is 4.90 Å². The molecule has 2 aromatic rings. The molecular weight excluding hydrogens is 293 g/mol. The van der Waals surface area contributed by atoms with Crippen LogP contribution < -0.4 is 0 Å². The van der Waals surface area contributed by atoms with E-state index >= 15 is 0 Å². The van der Waals surface area contributed by atoms with Gasteiger partial charge in [-0.2, -0.15) is 0 Å². The monoisotopic (exact) mass is 307 g/mol. The first kappa shape index (κ1) is 14.0. The average Bonchev–Trinajstić information content (AvgIpc) is 2.71. The number of aryl methyl sites for hydroxylation is 1. The molecule has 1 aromatic heterocycles. The van der Waals surface area contributed by atoms with Crippen molar-refractivity contribution < 1.29 is 19.1 Å². The Labute approximate surface area is 124 Å². The van der Waals surface area contributed by atoms with Crippen LogP contribution in [0.25, 0.3) is 10.1 Å². The number of carboxylic acids is 1. The lowest BCUT2D eigenvalue weighted by molar-refractivity contribution is -0.139. The Morgan fingerprint density at radius 3 is 2.76 bits per heavy atom. The number of rotatable bonds is 3. The zero-order chi connectivity index (χ0) is 15.1. The second-order valence-electron chi connectivity index (χ2n) is 5.34. The van der Waals surface area contributed by atoms with Crippen molar-refractivity contribution in [3.05, 3.63) is 34.5 Å². The van der Waals surface area contributed by atoms with Gasteiger partial charge in [-0.15, -0.1) is 11.3 Å². The van der Waals surface area contributed by atoms with Crippen LogP contribution in [0.2, 0.25) is 0 Å². The SMILES string of the molecule is Cc1c(C(=O)N2CC(CC(=O)O)C2)sc2cccc(F)c12. The van der Waals surface area contributed by atoms with Gasteiger partial charge in [0, 0.05) is 29.1 Å². The molecule has 0 radical (unpaired) electrons. The molecule has 2 heterocycles. The minimum absolute atomic E-state index is 0.0258. The van der Waals surface area contributed by atoms with Crippen molar-refractivity contribution in [3.63, 3.8) is 0 Å². The Kier molecular flexibility index (Phi) is 3.41. The highest BCUT2D eigenvalue weighted by molar-refractivity contribution is 7.21. The van der Waals surface area contributed by atoms with Gasteiger partial charge in [0.05, 0.1) is 11.3 Å². The number of carbonyl (C=O) groups is 2. The molecule has 0 unspecified atom stereocenters. The number of aliphatic carboxylic acids is 1. The summed E-state index contributed by atoms with van der Waals surface area (Å²) in [6.45, 7) is 2.67. The number of hydrogen-bond donors (Lipinski definition) is 1. The van der Waals surface area contributed by atoms with Gasteiger partial charge in [0.2, 0.25) is 0 Å². The molecule has 1 aliphatic rings. The van der Waals surface area contributed by atoms with E-state index in [9.17, 15) is 14.0 Å². The van der Waals surface area contributed by atoms with Gasteiger partial charge in [0.1, 0.15) is 5.82 Å². The van der Waals surface area contributed by atoms with E-state index in [1.165, 1.54) is 17.4 Å². The summed E-state index contributed by atoms with van der Waals surface area (Å²) in [6.07, 6.45) is 0.0871. The molecule has 6 heteroatoms. The van der Waals surface area contributed by atoms with Crippen LogP contribution in [-0.2, 0) is 4.79 Å². The number of benzene rings is 1. The largest absolute Gasteiger partial charge is 0.481 e. The second kappa shape index (κ2) is 5.11. The summed E-state index contributed by atoms with van der Waals surface area (Å²) in [7, 11) is 0. The van der Waals surface area contributed by atoms with Crippen LogP contribution in [-0.4, -0.2) is 35.0 Å². The lowest BCUT2D eigenvalue weighted by Gasteiger charge is -2.38. The van der Waals surface area contributed by atoms with E-state index in [0.29, 0.717) is 28.9 Å². The van der Waals surface area contributed by atoms with Crippen LogP contribution in [0.4, 0.5) is 4.39 Å². The Hall–Kier alpha value is -1.95. The summed E-state index contributed by atoms with van der Waals surface area (Å²) >= 11 is 1.29. The average molecular weight is 307 g/mol. The molecule has 0 bridgehead atoms. The molecule has 0 atom stereocenters. The molecule has 3 rings (SSSR count). The first-order valence-corrected chi connectivity index (χ1v) is 7.47. The highest BCUT2D eigenvalue weighted by atomic mass is 32.1. The van der Waals surface area contributed by atoms with Crippen LogP contribution >= 0.6 is 11.3 Å². The van der Waals surface area contributed by atoms with Crippen molar-refractivity contribution in [2.75, 3.05) is 13.1 Å². The smallest absolute Gasteiger partial charge is 0.303 e. The lowest BCUT2D eigenvalue weighted by Crippen LogP contribution is -2.50. The predicted octanol–water partition coefficient (Wildman–Crippen LogP) is 2.90. The van der Waals surface area contributed by atoms with Crippen molar-refractivity contribution in [3.8, 4) is 0 Å². The molecule has 110 valence electrons. The number of fused-ring (bicyclic) bond motifs is 1. The van der Waals surface area contributed by atoms with Gasteiger partial charge in [-0.25, -0.2) is 4.39 Å². The van der Waals surface area contributed by atoms with E-state index in [1.807, 2.05) is 0 Å². The van der Waals surface area contributed by atoms with Gasteiger partial charge in [0.25, 0.3) is 5.91 Å². The number of thiophene rings is 1. The molecule has 0 aliphatic carbocycles. The number of halogens is 1. The molecule has 1 saturated heterocycles. The summed E-state index contributed by atoms with van der Waals surface area (Å²) in [6, 6.07) is 4.83. The van der Waals surface area contributed by atoms with Crippen molar-refractivity contribution in [1.29, 1.82) is 0 Å². The minimum Gasteiger partial charge on any atom is -0.481 e. The summed E-state index contributed by atoms with van der Waals surface area (Å²) in [5.74, 6) is -1.26. The molecule has 0 saturated carbocycles. The summed E-state index contributed by atoms with van der Waals surface area (Å²) < 4.78 is 14.6. The zero-order valence-electron chi connectivity index (χ0n) is 11.4. The fraction of sp³-hybridized carbons (Fsp3) is 0.333. The van der Waals surface area contributed by atoms with E-state index in [0.717, 1.165) is 4.70 Å². The Morgan fingerprint density at radius 2 is 2.14 bits per heavy atom. The number of carboxylic acid groups (broad SMARTS) is 1. The van der Waals surface area contributed by atoms with E-state index in [2.05, 4.69) is 0 Å². The number of hydrogen-bond acceptors (Lipinski definition) is 3. The number of carbonyl (C=O) groups excluding carboxylic acids is 1. The third-order valence-corrected chi connectivity index (χ3v) is 5.05. The van der Waals surface area contributed by atoms with Gasteiger partial charge in [-0.1, -0.05) is 6.07 Å². The van der Waals surface area contributed by atoms with Crippen molar-refractivity contribution in [2.45, 2.75) is 13.3 Å². The first-order chi connectivity index (χ1) is 9.97. The third-order valence-electron chi connectivity index (χ3n) is 3.80. The molecule has 0 spiro atoms. The van der Waals surface area contributed by atoms with E-state index in [1.54, 1.807) is 24.0 Å². The molecule has 1 N–H and O–H groups in total. The van der Waals surface area contributed by atoms with Crippen molar-refractivity contribution in [2.24, 2.45) is 5.92 Å². The van der Waals surface area contributed by atoms with Gasteiger partial charge >= 0.3 is 5.97 Å².